The van der Waals surface area contributed by atoms with Crippen molar-refractivity contribution in [2.45, 2.75) is 25.8 Å². The van der Waals surface area contributed by atoms with Gasteiger partial charge in [-0.05, 0) is 85.5 Å². The zero-order valence-corrected chi connectivity index (χ0v) is 21.0. The van der Waals surface area contributed by atoms with Crippen molar-refractivity contribution in [3.63, 3.8) is 0 Å². The number of hydrogen-bond acceptors (Lipinski definition) is 5. The maximum absolute atomic E-state index is 13.5. The lowest BCUT2D eigenvalue weighted by Crippen LogP contribution is -2.39. The Bertz CT molecular complexity index is 1150. The maximum Gasteiger partial charge on any atom is 0.256 e. The van der Waals surface area contributed by atoms with E-state index in [0.717, 1.165) is 12.2 Å². The van der Waals surface area contributed by atoms with Gasteiger partial charge in [-0.15, -0.1) is 11.3 Å². The second kappa shape index (κ2) is 11.0. The van der Waals surface area contributed by atoms with Crippen LogP contribution in [0.2, 0.25) is 5.02 Å². The van der Waals surface area contributed by atoms with Gasteiger partial charge in [0.1, 0.15) is 11.8 Å². The number of nitrogens with one attached hydrogen (secondary N) is 1. The van der Waals surface area contributed by atoms with Crippen LogP contribution in [0.15, 0.2) is 66.0 Å². The Morgan fingerprint density at radius 2 is 1.88 bits per heavy atom. The molecule has 34 heavy (non-hydrogen) atoms. The van der Waals surface area contributed by atoms with Crippen LogP contribution in [0.1, 0.15) is 18.2 Å². The number of nitrogens with zero attached hydrogens (tertiary/aromatic N) is 2. The van der Waals surface area contributed by atoms with E-state index >= 15 is 0 Å². The predicted molar refractivity (Wildman–Crippen MR) is 141 cm³/mol. The lowest BCUT2D eigenvalue weighted by atomic mass is 10.1. The van der Waals surface area contributed by atoms with Crippen molar-refractivity contribution in [3.05, 3.63) is 75.9 Å². The number of carbonyl (C=O) groups is 2. The molecule has 1 fully saturated rings. The molecule has 2 aromatic carbocycles. The number of thiocarbonyl (C=S) groups is 1. The minimum atomic E-state index is -0.689. The van der Waals surface area contributed by atoms with Crippen LogP contribution in [-0.4, -0.2) is 41.0 Å². The van der Waals surface area contributed by atoms with Crippen molar-refractivity contribution in [1.82, 2.24) is 4.90 Å². The van der Waals surface area contributed by atoms with Crippen LogP contribution in [0, 0.1) is 0 Å². The van der Waals surface area contributed by atoms with Crippen molar-refractivity contribution >= 4 is 63.5 Å². The molecule has 1 aliphatic rings. The van der Waals surface area contributed by atoms with Gasteiger partial charge in [0, 0.05) is 22.1 Å². The van der Waals surface area contributed by atoms with Crippen LogP contribution in [0.3, 0.4) is 0 Å². The first-order chi connectivity index (χ1) is 16.5. The third-order valence-corrected chi connectivity index (χ3v) is 7.02. The fourth-order valence-electron chi connectivity index (χ4n) is 3.79. The van der Waals surface area contributed by atoms with Gasteiger partial charge in [-0.2, -0.15) is 0 Å². The van der Waals surface area contributed by atoms with E-state index in [4.69, 9.17) is 28.6 Å². The molecule has 4 rings (SSSR count). The predicted octanol–water partition coefficient (Wildman–Crippen LogP) is 5.37. The number of benzene rings is 2. The Morgan fingerprint density at radius 3 is 2.53 bits per heavy atom. The number of thiophene rings is 1. The van der Waals surface area contributed by atoms with Crippen LogP contribution in [-0.2, 0) is 16.0 Å². The molecule has 1 aromatic heterocycles. The smallest absolute Gasteiger partial charge is 0.256 e. The number of carbonyl (C=O) groups excluding carboxylic acids is 2. The third-order valence-electron chi connectivity index (χ3n) is 5.41. The molecule has 0 radical (unpaired) electrons. The summed E-state index contributed by atoms with van der Waals surface area (Å²) in [6.07, 6.45) is 0.719. The van der Waals surface area contributed by atoms with E-state index in [-0.39, 0.29) is 18.2 Å². The number of hydrogen-bond donors (Lipinski definition) is 1. The number of ether oxygens (including phenoxy) is 1. The normalized spacial score (nSPS) is 15.6. The van der Waals surface area contributed by atoms with Crippen molar-refractivity contribution < 1.29 is 14.3 Å². The molecule has 1 N–H and O–H groups in total. The number of amides is 2. The maximum atomic E-state index is 13.5. The molecule has 2 heterocycles. The first-order valence-corrected chi connectivity index (χ1v) is 12.6. The quantitative estimate of drug-likeness (QED) is 0.389. The van der Waals surface area contributed by atoms with Crippen LogP contribution >= 0.6 is 35.2 Å². The molecule has 0 saturated carbocycles. The average Bonchev–Trinajstić information content (AvgIpc) is 3.42. The summed E-state index contributed by atoms with van der Waals surface area (Å²) in [6.45, 7) is 3.01. The van der Waals surface area contributed by atoms with Gasteiger partial charge in [0.2, 0.25) is 5.91 Å². The molecular formula is C25H24ClN3O3S2. The highest BCUT2D eigenvalue weighted by molar-refractivity contribution is 7.80. The molecule has 3 aromatic rings. The van der Waals surface area contributed by atoms with E-state index in [1.54, 1.807) is 35.6 Å². The van der Waals surface area contributed by atoms with E-state index < -0.39 is 6.04 Å². The SMILES string of the molecule is CCOc1ccc(N2C(=O)[C@@H](CC(=O)Nc3ccc(Cl)cc3)N(CCc3cccs3)C2=S)cc1. The molecule has 0 aliphatic carbocycles. The van der Waals surface area contributed by atoms with E-state index in [2.05, 4.69) is 11.4 Å². The molecule has 9 heteroatoms. The Kier molecular flexibility index (Phi) is 7.82. The summed E-state index contributed by atoms with van der Waals surface area (Å²) in [5.41, 5.74) is 1.27. The van der Waals surface area contributed by atoms with Crippen molar-refractivity contribution in [2.75, 3.05) is 23.4 Å². The fraction of sp³-hybridized carbons (Fsp3) is 0.240. The highest BCUT2D eigenvalue weighted by Crippen LogP contribution is 2.29. The summed E-state index contributed by atoms with van der Waals surface area (Å²) >= 11 is 13.3. The molecule has 0 unspecified atom stereocenters. The molecule has 176 valence electrons. The van der Waals surface area contributed by atoms with E-state index in [1.807, 2.05) is 47.5 Å². The zero-order valence-electron chi connectivity index (χ0n) is 18.6. The highest BCUT2D eigenvalue weighted by Gasteiger charge is 2.43. The van der Waals surface area contributed by atoms with Gasteiger partial charge in [0.15, 0.2) is 5.11 Å². The number of anilines is 2. The first-order valence-electron chi connectivity index (χ1n) is 10.9. The Labute approximate surface area is 213 Å². The van der Waals surface area contributed by atoms with Gasteiger partial charge in [-0.25, -0.2) is 0 Å². The van der Waals surface area contributed by atoms with Gasteiger partial charge >= 0.3 is 0 Å². The number of halogens is 1. The second-order valence-corrected chi connectivity index (χ2v) is 9.51. The van der Waals surface area contributed by atoms with Gasteiger partial charge in [-0.3, -0.25) is 14.5 Å². The van der Waals surface area contributed by atoms with Gasteiger partial charge in [-0.1, -0.05) is 17.7 Å². The van der Waals surface area contributed by atoms with Gasteiger partial charge in [0.25, 0.3) is 5.91 Å². The summed E-state index contributed by atoms with van der Waals surface area (Å²) in [7, 11) is 0. The summed E-state index contributed by atoms with van der Waals surface area (Å²) < 4.78 is 5.51. The standard InChI is InChI=1S/C25H24ClN3O3S2/c1-2-32-20-11-9-19(10-12-20)29-24(31)22(16-23(30)27-18-7-5-17(26)6-8-18)28(25(29)33)14-13-21-4-3-15-34-21/h3-12,15,22H,2,13-14,16H2,1H3,(H,27,30)/t22-/m1/s1. The molecule has 0 bridgehead atoms. The molecule has 1 aliphatic heterocycles. The Morgan fingerprint density at radius 1 is 1.15 bits per heavy atom. The third kappa shape index (κ3) is 5.58. The van der Waals surface area contributed by atoms with Gasteiger partial charge < -0.3 is 15.0 Å². The fourth-order valence-corrected chi connectivity index (χ4v) is 5.03. The summed E-state index contributed by atoms with van der Waals surface area (Å²) in [4.78, 5) is 30.9. The lowest BCUT2D eigenvalue weighted by molar-refractivity contribution is -0.124. The topological polar surface area (TPSA) is 61.9 Å². The Balaban J connectivity index is 1.54. The minimum Gasteiger partial charge on any atom is -0.494 e. The minimum absolute atomic E-state index is 0.0143. The lowest BCUT2D eigenvalue weighted by Gasteiger charge is -2.23. The second-order valence-electron chi connectivity index (χ2n) is 7.68. The van der Waals surface area contributed by atoms with Crippen LogP contribution < -0.4 is 15.0 Å². The van der Waals surface area contributed by atoms with Crippen LogP contribution in [0.5, 0.6) is 5.75 Å². The summed E-state index contributed by atoms with van der Waals surface area (Å²) in [5, 5.41) is 5.85. The van der Waals surface area contributed by atoms with Crippen molar-refractivity contribution in [1.29, 1.82) is 0 Å². The molecular weight excluding hydrogens is 490 g/mol. The first kappa shape index (κ1) is 24.2. The zero-order chi connectivity index (χ0) is 24.1. The van der Waals surface area contributed by atoms with Crippen LogP contribution in [0.4, 0.5) is 11.4 Å². The molecule has 2 amide bonds. The molecule has 0 spiro atoms. The largest absolute Gasteiger partial charge is 0.494 e. The highest BCUT2D eigenvalue weighted by atomic mass is 35.5. The summed E-state index contributed by atoms with van der Waals surface area (Å²) in [6, 6.07) is 17.5. The summed E-state index contributed by atoms with van der Waals surface area (Å²) in [5.74, 6) is 0.238. The monoisotopic (exact) mass is 513 g/mol. The molecule has 1 saturated heterocycles. The Hall–Kier alpha value is -2.94. The average molecular weight is 514 g/mol. The number of rotatable bonds is 9. The van der Waals surface area contributed by atoms with Crippen molar-refractivity contribution in [2.24, 2.45) is 0 Å². The van der Waals surface area contributed by atoms with E-state index in [0.29, 0.717) is 34.7 Å². The van der Waals surface area contributed by atoms with E-state index in [1.165, 1.54) is 9.78 Å². The molecule has 1 atom stereocenters. The van der Waals surface area contributed by atoms with Crippen molar-refractivity contribution in [3.8, 4) is 5.75 Å². The van der Waals surface area contributed by atoms with E-state index in [9.17, 15) is 9.59 Å². The van der Waals surface area contributed by atoms with Gasteiger partial charge in [0.05, 0.1) is 18.7 Å². The van der Waals surface area contributed by atoms with Crippen LogP contribution in [0.25, 0.3) is 0 Å². The molecule has 6 nitrogen and oxygen atoms in total.